The van der Waals surface area contributed by atoms with E-state index < -0.39 is 71.7 Å². The molecule has 0 aromatic heterocycles. The van der Waals surface area contributed by atoms with Crippen LogP contribution in [0, 0.1) is 0 Å². The number of carboxylic acid groups (broad SMARTS) is 1. The van der Waals surface area contributed by atoms with Crippen molar-refractivity contribution in [2.24, 2.45) is 0 Å². The van der Waals surface area contributed by atoms with Crippen LogP contribution in [0.4, 0.5) is 36.8 Å². The molecule has 8 nitrogen and oxygen atoms in total. The van der Waals surface area contributed by atoms with Gasteiger partial charge < -0.3 is 19.5 Å². The van der Waals surface area contributed by atoms with Crippen LogP contribution >= 0.6 is 0 Å². The summed E-state index contributed by atoms with van der Waals surface area (Å²) in [4.78, 5) is 39.6. The molecule has 3 rings (SSSR count). The van der Waals surface area contributed by atoms with Crippen LogP contribution in [-0.4, -0.2) is 53.2 Å². The SMILES string of the molecule is CN(C(=O)OC(C)(C)C)[C@H](CC(=O)O)C(=O)N1CCc2cc(OCc3ccc(C(F)(F)F)cc3C(F)(F)F)ccc21. The number of halogens is 6. The van der Waals surface area contributed by atoms with Gasteiger partial charge in [0.1, 0.15) is 24.0 Å². The van der Waals surface area contributed by atoms with Gasteiger partial charge in [-0.15, -0.1) is 0 Å². The molecule has 0 unspecified atom stereocenters. The first-order valence-electron chi connectivity index (χ1n) is 12.3. The Bertz CT molecular complexity index is 1320. The Morgan fingerprint density at radius 3 is 2.22 bits per heavy atom. The van der Waals surface area contributed by atoms with Crippen molar-refractivity contribution in [1.29, 1.82) is 0 Å². The van der Waals surface area contributed by atoms with E-state index >= 15 is 0 Å². The number of hydrogen-bond donors (Lipinski definition) is 1. The highest BCUT2D eigenvalue weighted by Crippen LogP contribution is 2.38. The second kappa shape index (κ2) is 11.5. The topological polar surface area (TPSA) is 96.4 Å². The number of ether oxygens (including phenoxy) is 2. The molecule has 2 aromatic rings. The van der Waals surface area contributed by atoms with E-state index in [0.29, 0.717) is 29.8 Å². The summed E-state index contributed by atoms with van der Waals surface area (Å²) in [5.74, 6) is -1.88. The molecule has 0 aliphatic carbocycles. The van der Waals surface area contributed by atoms with Crippen LogP contribution < -0.4 is 9.64 Å². The molecular formula is C27H28F6N2O6. The van der Waals surface area contributed by atoms with Crippen molar-refractivity contribution in [2.45, 2.75) is 64.2 Å². The summed E-state index contributed by atoms with van der Waals surface area (Å²) in [5, 5.41) is 9.36. The predicted octanol–water partition coefficient (Wildman–Crippen LogP) is 5.90. The first-order valence-corrected chi connectivity index (χ1v) is 12.3. The third kappa shape index (κ3) is 7.82. The lowest BCUT2D eigenvalue weighted by Crippen LogP contribution is -2.51. The molecule has 1 aliphatic heterocycles. The van der Waals surface area contributed by atoms with E-state index in [9.17, 15) is 45.8 Å². The quantitative estimate of drug-likeness (QED) is 0.404. The van der Waals surface area contributed by atoms with Crippen molar-refractivity contribution < 1.29 is 55.3 Å². The van der Waals surface area contributed by atoms with E-state index in [4.69, 9.17) is 9.47 Å². The summed E-state index contributed by atoms with van der Waals surface area (Å²) in [6.07, 6.45) is -11.3. The summed E-state index contributed by atoms with van der Waals surface area (Å²) in [6, 6.07) is 4.20. The lowest BCUT2D eigenvalue weighted by molar-refractivity contribution is -0.144. The van der Waals surface area contributed by atoms with Crippen molar-refractivity contribution in [3.05, 3.63) is 58.7 Å². The van der Waals surface area contributed by atoms with Crippen molar-refractivity contribution in [2.75, 3.05) is 18.5 Å². The number of rotatable bonds is 7. The number of nitrogens with zero attached hydrogens (tertiary/aromatic N) is 2. The summed E-state index contributed by atoms with van der Waals surface area (Å²) in [5.41, 5.74) is -3.34. The highest BCUT2D eigenvalue weighted by atomic mass is 19.4. The van der Waals surface area contributed by atoms with Gasteiger partial charge in [-0.1, -0.05) is 6.07 Å². The van der Waals surface area contributed by atoms with E-state index in [1.54, 1.807) is 20.8 Å². The zero-order chi connectivity index (χ0) is 30.9. The Morgan fingerprint density at radius 2 is 1.66 bits per heavy atom. The van der Waals surface area contributed by atoms with Crippen molar-refractivity contribution in [1.82, 2.24) is 4.90 Å². The molecule has 1 aliphatic rings. The third-order valence-corrected chi connectivity index (χ3v) is 6.15. The number of anilines is 1. The lowest BCUT2D eigenvalue weighted by atomic mass is 10.0. The molecule has 224 valence electrons. The summed E-state index contributed by atoms with van der Waals surface area (Å²) < 4.78 is 89.8. The van der Waals surface area contributed by atoms with E-state index in [1.165, 1.54) is 30.1 Å². The minimum absolute atomic E-state index is 0.0344. The molecule has 0 saturated carbocycles. The molecule has 0 spiro atoms. The highest BCUT2D eigenvalue weighted by molar-refractivity contribution is 6.01. The molecular weight excluding hydrogens is 562 g/mol. The molecule has 1 N–H and O–H groups in total. The number of benzene rings is 2. The number of fused-ring (bicyclic) bond motifs is 1. The minimum atomic E-state index is -5.04. The number of carboxylic acids is 1. The predicted molar refractivity (Wildman–Crippen MR) is 133 cm³/mol. The van der Waals surface area contributed by atoms with Crippen LogP contribution in [0.15, 0.2) is 36.4 Å². The molecule has 1 atom stereocenters. The monoisotopic (exact) mass is 590 g/mol. The summed E-state index contributed by atoms with van der Waals surface area (Å²) in [6.45, 7) is 4.31. The second-order valence-corrected chi connectivity index (χ2v) is 10.4. The number of carbonyl (C=O) groups excluding carboxylic acids is 2. The van der Waals surface area contributed by atoms with Crippen molar-refractivity contribution >= 4 is 23.7 Å². The van der Waals surface area contributed by atoms with Gasteiger partial charge in [-0.25, -0.2) is 4.79 Å². The van der Waals surface area contributed by atoms with Gasteiger partial charge in [-0.05, 0) is 63.1 Å². The van der Waals surface area contributed by atoms with Gasteiger partial charge >= 0.3 is 24.4 Å². The molecule has 0 radical (unpaired) electrons. The summed E-state index contributed by atoms with van der Waals surface area (Å²) in [7, 11) is 1.25. The normalized spacial score (nSPS) is 14.3. The summed E-state index contributed by atoms with van der Waals surface area (Å²) >= 11 is 0. The van der Waals surface area contributed by atoms with E-state index in [1.807, 2.05) is 0 Å². The molecule has 0 saturated heterocycles. The fourth-order valence-electron chi connectivity index (χ4n) is 4.20. The van der Waals surface area contributed by atoms with Crippen LogP contribution in [0.2, 0.25) is 0 Å². The van der Waals surface area contributed by atoms with E-state index in [0.717, 1.165) is 4.90 Å². The van der Waals surface area contributed by atoms with E-state index in [2.05, 4.69) is 0 Å². The maximum atomic E-state index is 13.4. The van der Waals surface area contributed by atoms with Crippen LogP contribution in [0.25, 0.3) is 0 Å². The highest BCUT2D eigenvalue weighted by Gasteiger charge is 2.39. The van der Waals surface area contributed by atoms with Gasteiger partial charge in [0, 0.05) is 24.8 Å². The van der Waals surface area contributed by atoms with Gasteiger partial charge in [-0.3, -0.25) is 14.5 Å². The number of amides is 2. The Hall–Kier alpha value is -3.97. The number of hydrogen-bond acceptors (Lipinski definition) is 5. The van der Waals surface area contributed by atoms with E-state index in [-0.39, 0.29) is 18.4 Å². The number of carbonyl (C=O) groups is 3. The fourth-order valence-corrected chi connectivity index (χ4v) is 4.20. The molecule has 41 heavy (non-hydrogen) atoms. The maximum absolute atomic E-state index is 13.4. The zero-order valence-corrected chi connectivity index (χ0v) is 22.5. The molecule has 1 heterocycles. The van der Waals surface area contributed by atoms with Crippen LogP contribution in [0.3, 0.4) is 0 Å². The number of aliphatic carboxylic acids is 1. The Morgan fingerprint density at radius 1 is 1.00 bits per heavy atom. The molecule has 0 fully saturated rings. The third-order valence-electron chi connectivity index (χ3n) is 6.15. The van der Waals surface area contributed by atoms with Gasteiger partial charge in [0.25, 0.3) is 5.91 Å². The number of likely N-dealkylation sites (N-methyl/N-ethyl adjacent to an activating group) is 1. The largest absolute Gasteiger partial charge is 0.489 e. The van der Waals surface area contributed by atoms with Gasteiger partial charge in [0.2, 0.25) is 0 Å². The number of alkyl halides is 6. The Labute approximate surface area is 231 Å². The zero-order valence-electron chi connectivity index (χ0n) is 22.5. The van der Waals surface area contributed by atoms with Crippen LogP contribution in [-0.2, 0) is 39.7 Å². The molecule has 0 bridgehead atoms. The standard InChI is InChI=1S/C27H28F6N2O6/c1-25(2,3)41-24(39)34(4)21(13-22(36)37)23(38)35-10-9-15-11-18(7-8-20(15)35)40-14-16-5-6-17(26(28,29)30)12-19(16)27(31,32)33/h5-8,11-12,21H,9-10,13-14H2,1-4H3,(H,36,37)/t21-/m1/s1. The fraction of sp³-hybridized carbons (Fsp3) is 0.444. The lowest BCUT2D eigenvalue weighted by Gasteiger charge is -2.31. The first-order chi connectivity index (χ1) is 18.8. The van der Waals surface area contributed by atoms with Crippen LogP contribution in [0.5, 0.6) is 5.75 Å². The molecule has 2 amide bonds. The average Bonchev–Trinajstić information content (AvgIpc) is 3.26. The Balaban J connectivity index is 1.80. The van der Waals surface area contributed by atoms with Crippen LogP contribution in [0.1, 0.15) is 49.4 Å². The second-order valence-electron chi connectivity index (χ2n) is 10.4. The average molecular weight is 591 g/mol. The molecule has 14 heteroatoms. The van der Waals surface area contributed by atoms with Crippen molar-refractivity contribution in [3.8, 4) is 5.75 Å². The van der Waals surface area contributed by atoms with Crippen molar-refractivity contribution in [3.63, 3.8) is 0 Å². The molecule has 2 aromatic carbocycles. The smallest absolute Gasteiger partial charge is 0.416 e. The van der Waals surface area contributed by atoms with Gasteiger partial charge in [-0.2, -0.15) is 26.3 Å². The minimum Gasteiger partial charge on any atom is -0.489 e. The van der Waals surface area contributed by atoms with Gasteiger partial charge in [0.15, 0.2) is 0 Å². The van der Waals surface area contributed by atoms with Gasteiger partial charge in [0.05, 0.1) is 17.5 Å². The first kappa shape index (κ1) is 31.6. The Kier molecular flexibility index (Phi) is 8.84. The maximum Gasteiger partial charge on any atom is 0.416 e.